The van der Waals surface area contributed by atoms with Crippen molar-refractivity contribution < 1.29 is 23.5 Å². The molecule has 1 aliphatic rings. The second-order valence-corrected chi connectivity index (χ2v) is 8.85. The molecule has 0 radical (unpaired) electrons. The predicted octanol–water partition coefficient (Wildman–Crippen LogP) is 2.56. The molecule has 3 N–H and O–H groups in total. The Morgan fingerprint density at radius 2 is 1.97 bits per heavy atom. The van der Waals surface area contributed by atoms with Crippen molar-refractivity contribution in [1.82, 2.24) is 9.55 Å². The summed E-state index contributed by atoms with van der Waals surface area (Å²) in [5, 5.41) is 3.22. The summed E-state index contributed by atoms with van der Waals surface area (Å²) < 4.78 is 25.6. The van der Waals surface area contributed by atoms with Crippen molar-refractivity contribution in [2.75, 3.05) is 19.0 Å². The highest BCUT2D eigenvalue weighted by atomic mass is 32.2. The number of carbonyl (C=O) groups excluding carboxylic acids is 2. The normalized spacial score (nSPS) is 14.7. The van der Waals surface area contributed by atoms with E-state index in [1.165, 1.54) is 31.0 Å². The van der Waals surface area contributed by atoms with E-state index in [0.29, 0.717) is 39.4 Å². The fraction of sp³-hybridized carbons (Fsp3) is 0.250. The van der Waals surface area contributed by atoms with Crippen molar-refractivity contribution in [3.05, 3.63) is 75.3 Å². The summed E-state index contributed by atoms with van der Waals surface area (Å²) >= 11 is 1.31. The van der Waals surface area contributed by atoms with Crippen molar-refractivity contribution in [3.63, 3.8) is 0 Å². The number of hydrogen-bond donors (Lipinski definition) is 2. The monoisotopic (exact) mass is 498 g/mol. The fourth-order valence-electron chi connectivity index (χ4n) is 3.85. The number of primary amides is 1. The van der Waals surface area contributed by atoms with Crippen LogP contribution >= 0.6 is 11.8 Å². The van der Waals surface area contributed by atoms with E-state index in [9.17, 15) is 18.8 Å². The summed E-state index contributed by atoms with van der Waals surface area (Å²) in [4.78, 5) is 41.0. The number of nitrogens with two attached hydrogens (primary N) is 1. The molecule has 2 amide bonds. The van der Waals surface area contributed by atoms with Crippen LogP contribution in [0.2, 0.25) is 0 Å². The second kappa shape index (κ2) is 10.2. The van der Waals surface area contributed by atoms with Gasteiger partial charge in [-0.25, -0.2) is 4.39 Å². The minimum Gasteiger partial charge on any atom is -0.493 e. The number of ether oxygens (including phenoxy) is 2. The zero-order valence-electron chi connectivity index (χ0n) is 19.0. The molecule has 182 valence electrons. The maximum absolute atomic E-state index is 13.2. The standard InChI is InChI=1S/C24H23FN4O5S/c1-29-22-21(23(32)28-24(29)35-12-13-3-6-15(25)7-4-13)16(10-20(31)27-22)14-5-8-17(18(9-14)33-2)34-11-19(26)30/h3-9,16H,10-12H2,1-2H3,(H2,26,30)(H,27,31)/t16-/m1/s1. The van der Waals surface area contributed by atoms with Crippen LogP contribution in [-0.4, -0.2) is 35.1 Å². The molecular weight excluding hydrogens is 475 g/mol. The fourth-order valence-corrected chi connectivity index (χ4v) is 4.77. The van der Waals surface area contributed by atoms with Crippen LogP contribution < -0.4 is 26.1 Å². The first kappa shape index (κ1) is 24.3. The Hall–Kier alpha value is -3.86. The van der Waals surface area contributed by atoms with Gasteiger partial charge in [-0.2, -0.15) is 4.98 Å². The van der Waals surface area contributed by atoms with Crippen molar-refractivity contribution in [1.29, 1.82) is 0 Å². The van der Waals surface area contributed by atoms with Crippen molar-refractivity contribution in [2.45, 2.75) is 23.2 Å². The van der Waals surface area contributed by atoms with E-state index in [1.807, 2.05) is 0 Å². The highest BCUT2D eigenvalue weighted by Gasteiger charge is 2.32. The molecule has 1 aliphatic heterocycles. The minimum absolute atomic E-state index is 0.0522. The van der Waals surface area contributed by atoms with E-state index in [2.05, 4.69) is 10.3 Å². The first-order valence-corrected chi connectivity index (χ1v) is 11.6. The number of methoxy groups -OCH3 is 1. The van der Waals surface area contributed by atoms with Crippen LogP contribution in [0, 0.1) is 5.82 Å². The molecule has 9 nitrogen and oxygen atoms in total. The Balaban J connectivity index is 1.67. The third-order valence-electron chi connectivity index (χ3n) is 5.54. The number of amides is 2. The van der Waals surface area contributed by atoms with Crippen LogP contribution in [0.5, 0.6) is 11.5 Å². The number of nitrogens with zero attached hydrogens (tertiary/aromatic N) is 2. The van der Waals surface area contributed by atoms with Crippen LogP contribution in [0.3, 0.4) is 0 Å². The van der Waals surface area contributed by atoms with Gasteiger partial charge in [0.25, 0.3) is 11.5 Å². The lowest BCUT2D eigenvalue weighted by molar-refractivity contribution is -0.120. The summed E-state index contributed by atoms with van der Waals surface area (Å²) in [6.45, 7) is -0.312. The molecule has 1 aromatic heterocycles. The van der Waals surface area contributed by atoms with Gasteiger partial charge in [0.15, 0.2) is 23.3 Å². The Labute approximate surface area is 204 Å². The van der Waals surface area contributed by atoms with Gasteiger partial charge in [-0.05, 0) is 35.4 Å². The number of anilines is 1. The van der Waals surface area contributed by atoms with E-state index < -0.39 is 17.4 Å². The Bertz CT molecular complexity index is 1340. The molecule has 35 heavy (non-hydrogen) atoms. The minimum atomic E-state index is -0.628. The molecule has 0 saturated carbocycles. The van der Waals surface area contributed by atoms with Gasteiger partial charge in [0.2, 0.25) is 5.91 Å². The lowest BCUT2D eigenvalue weighted by atomic mass is 9.86. The van der Waals surface area contributed by atoms with Crippen LogP contribution in [0.15, 0.2) is 52.4 Å². The van der Waals surface area contributed by atoms with Crippen molar-refractivity contribution in [3.8, 4) is 11.5 Å². The number of halogens is 1. The van der Waals surface area contributed by atoms with Gasteiger partial charge in [0.1, 0.15) is 11.6 Å². The topological polar surface area (TPSA) is 126 Å². The molecule has 0 saturated heterocycles. The van der Waals surface area contributed by atoms with E-state index in [1.54, 1.807) is 41.9 Å². The summed E-state index contributed by atoms with van der Waals surface area (Å²) in [6.07, 6.45) is 0.0522. The van der Waals surface area contributed by atoms with Crippen LogP contribution in [0.4, 0.5) is 10.2 Å². The number of carbonyl (C=O) groups is 2. The molecule has 11 heteroatoms. The molecule has 4 rings (SSSR count). The predicted molar refractivity (Wildman–Crippen MR) is 128 cm³/mol. The van der Waals surface area contributed by atoms with Gasteiger partial charge in [0, 0.05) is 25.1 Å². The number of hydrogen-bond acceptors (Lipinski definition) is 7. The third kappa shape index (κ3) is 5.29. The highest BCUT2D eigenvalue weighted by Crippen LogP contribution is 2.39. The Morgan fingerprint density at radius 1 is 1.23 bits per heavy atom. The van der Waals surface area contributed by atoms with Gasteiger partial charge in [-0.3, -0.25) is 14.4 Å². The zero-order valence-corrected chi connectivity index (χ0v) is 19.9. The molecule has 0 aliphatic carbocycles. The first-order valence-electron chi connectivity index (χ1n) is 10.6. The van der Waals surface area contributed by atoms with Gasteiger partial charge in [-0.1, -0.05) is 30.0 Å². The lowest BCUT2D eigenvalue weighted by Gasteiger charge is -2.28. The number of nitrogens with one attached hydrogen (secondary N) is 1. The van der Waals surface area contributed by atoms with Gasteiger partial charge < -0.3 is 25.1 Å². The van der Waals surface area contributed by atoms with E-state index >= 15 is 0 Å². The molecular formula is C24H23FN4O5S. The molecule has 0 spiro atoms. The highest BCUT2D eigenvalue weighted by molar-refractivity contribution is 7.98. The second-order valence-electron chi connectivity index (χ2n) is 7.91. The smallest absolute Gasteiger partial charge is 0.279 e. The first-order chi connectivity index (χ1) is 16.8. The summed E-state index contributed by atoms with van der Waals surface area (Å²) in [7, 11) is 3.17. The van der Waals surface area contributed by atoms with Crippen molar-refractivity contribution in [2.24, 2.45) is 12.8 Å². The van der Waals surface area contributed by atoms with Crippen molar-refractivity contribution >= 4 is 29.4 Å². The van der Waals surface area contributed by atoms with Crippen LogP contribution in [0.25, 0.3) is 0 Å². The number of aromatic nitrogens is 2. The van der Waals surface area contributed by atoms with Gasteiger partial charge in [-0.15, -0.1) is 0 Å². The van der Waals surface area contributed by atoms with Crippen LogP contribution in [-0.2, 0) is 22.4 Å². The maximum atomic E-state index is 13.2. The van der Waals surface area contributed by atoms with Crippen LogP contribution in [0.1, 0.15) is 29.0 Å². The number of benzene rings is 2. The Kier molecular flexibility index (Phi) is 7.06. The number of rotatable bonds is 8. The number of thioether (sulfide) groups is 1. The average Bonchev–Trinajstić information content (AvgIpc) is 2.84. The molecule has 1 atom stereocenters. The lowest BCUT2D eigenvalue weighted by Crippen LogP contribution is -2.33. The molecule has 0 bridgehead atoms. The van der Waals surface area contributed by atoms with Gasteiger partial charge in [0.05, 0.1) is 12.7 Å². The summed E-state index contributed by atoms with van der Waals surface area (Å²) in [5.74, 6) is -0.248. The molecule has 0 fully saturated rings. The summed E-state index contributed by atoms with van der Waals surface area (Å²) in [5.41, 5.74) is 6.59. The third-order valence-corrected chi connectivity index (χ3v) is 6.64. The SMILES string of the molecule is COc1cc([C@H]2CC(=O)Nc3c2c(=O)nc(SCc2ccc(F)cc2)n3C)ccc1OCC(N)=O. The largest absolute Gasteiger partial charge is 0.493 e. The van der Waals surface area contributed by atoms with E-state index in [4.69, 9.17) is 15.2 Å². The summed E-state index contributed by atoms with van der Waals surface area (Å²) in [6, 6.07) is 11.1. The molecule has 3 aromatic rings. The maximum Gasteiger partial charge on any atom is 0.279 e. The Morgan fingerprint density at radius 3 is 2.66 bits per heavy atom. The zero-order chi connectivity index (χ0) is 25.1. The molecule has 2 aromatic carbocycles. The molecule has 0 unspecified atom stereocenters. The number of fused-ring (bicyclic) bond motifs is 1. The molecule has 2 heterocycles. The van der Waals surface area contributed by atoms with E-state index in [-0.39, 0.29) is 24.8 Å². The van der Waals surface area contributed by atoms with E-state index in [0.717, 1.165) is 5.56 Å². The average molecular weight is 499 g/mol. The quantitative estimate of drug-likeness (QED) is 0.361. The van der Waals surface area contributed by atoms with Gasteiger partial charge >= 0.3 is 0 Å².